The molecular weight excluding hydrogens is 200 g/mol. The molecule has 1 aliphatic carbocycles. The molecule has 0 bridgehead atoms. The van der Waals surface area contributed by atoms with E-state index >= 15 is 0 Å². The molecular formula is C13H24N2O. The summed E-state index contributed by atoms with van der Waals surface area (Å²) < 4.78 is 0. The fraction of sp³-hybridized carbons (Fsp3) is 0.769. The van der Waals surface area contributed by atoms with Gasteiger partial charge in [-0.25, -0.2) is 0 Å². The van der Waals surface area contributed by atoms with Crippen molar-refractivity contribution in [1.29, 1.82) is 0 Å². The van der Waals surface area contributed by atoms with Gasteiger partial charge in [-0.3, -0.25) is 9.69 Å². The van der Waals surface area contributed by atoms with Gasteiger partial charge in [0.05, 0.1) is 6.54 Å². The van der Waals surface area contributed by atoms with Crippen LogP contribution in [-0.4, -0.2) is 37.0 Å². The molecule has 0 spiro atoms. The number of carbonyl (C=O) groups is 1. The highest BCUT2D eigenvalue weighted by Crippen LogP contribution is 2.26. The topological polar surface area (TPSA) is 32.3 Å². The summed E-state index contributed by atoms with van der Waals surface area (Å²) in [5.74, 6) is 0.959. The molecule has 1 amide bonds. The van der Waals surface area contributed by atoms with E-state index in [2.05, 4.69) is 23.7 Å². The third kappa shape index (κ3) is 4.35. The molecule has 1 rings (SSSR count). The minimum Gasteiger partial charge on any atom is -0.352 e. The smallest absolute Gasteiger partial charge is 0.234 e. The van der Waals surface area contributed by atoms with Crippen molar-refractivity contribution < 1.29 is 4.79 Å². The van der Waals surface area contributed by atoms with Gasteiger partial charge in [-0.1, -0.05) is 13.0 Å². The van der Waals surface area contributed by atoms with E-state index in [1.807, 2.05) is 7.05 Å². The Morgan fingerprint density at radius 3 is 2.62 bits per heavy atom. The van der Waals surface area contributed by atoms with Crippen molar-refractivity contribution in [3.05, 3.63) is 12.7 Å². The first-order chi connectivity index (χ1) is 7.63. The van der Waals surface area contributed by atoms with Crippen LogP contribution in [0.1, 0.15) is 32.6 Å². The van der Waals surface area contributed by atoms with Gasteiger partial charge in [-0.2, -0.15) is 0 Å². The monoisotopic (exact) mass is 224 g/mol. The molecule has 1 N–H and O–H groups in total. The van der Waals surface area contributed by atoms with Crippen molar-refractivity contribution >= 4 is 5.91 Å². The lowest BCUT2D eigenvalue weighted by atomic mass is 9.87. The number of rotatable bonds is 5. The number of likely N-dealkylation sites (N-methyl/N-ethyl adjacent to an activating group) is 1. The molecule has 1 saturated carbocycles. The Morgan fingerprint density at radius 1 is 1.44 bits per heavy atom. The van der Waals surface area contributed by atoms with Crippen LogP contribution in [0.25, 0.3) is 0 Å². The van der Waals surface area contributed by atoms with Crippen molar-refractivity contribution in [2.45, 2.75) is 38.6 Å². The summed E-state index contributed by atoms with van der Waals surface area (Å²) in [4.78, 5) is 13.7. The second kappa shape index (κ2) is 6.69. The minimum absolute atomic E-state index is 0.0982. The van der Waals surface area contributed by atoms with Crippen LogP contribution in [0.2, 0.25) is 0 Å². The van der Waals surface area contributed by atoms with Crippen molar-refractivity contribution in [3.63, 3.8) is 0 Å². The van der Waals surface area contributed by atoms with Crippen LogP contribution in [0.15, 0.2) is 12.7 Å². The Bertz CT molecular complexity index is 232. The first-order valence-corrected chi connectivity index (χ1v) is 6.21. The minimum atomic E-state index is 0.0982. The van der Waals surface area contributed by atoms with Crippen LogP contribution in [0, 0.1) is 5.92 Å². The molecule has 0 heterocycles. The van der Waals surface area contributed by atoms with Crippen LogP contribution in [-0.2, 0) is 4.79 Å². The lowest BCUT2D eigenvalue weighted by Gasteiger charge is -2.33. The second-order valence-electron chi connectivity index (χ2n) is 4.92. The van der Waals surface area contributed by atoms with Crippen LogP contribution in [0.4, 0.5) is 0 Å². The fourth-order valence-corrected chi connectivity index (χ4v) is 2.28. The summed E-state index contributed by atoms with van der Waals surface area (Å²) in [5.41, 5.74) is 0. The number of nitrogens with zero attached hydrogens (tertiary/aromatic N) is 1. The lowest BCUT2D eigenvalue weighted by Crippen LogP contribution is -2.42. The lowest BCUT2D eigenvalue weighted by molar-refractivity contribution is -0.122. The van der Waals surface area contributed by atoms with E-state index in [9.17, 15) is 4.79 Å². The van der Waals surface area contributed by atoms with Gasteiger partial charge >= 0.3 is 0 Å². The van der Waals surface area contributed by atoms with Gasteiger partial charge in [-0.15, -0.1) is 6.58 Å². The Hall–Kier alpha value is -0.830. The third-order valence-electron chi connectivity index (χ3n) is 3.45. The van der Waals surface area contributed by atoms with Gasteiger partial charge in [0.2, 0.25) is 5.91 Å². The van der Waals surface area contributed by atoms with E-state index in [0.717, 1.165) is 5.92 Å². The van der Waals surface area contributed by atoms with Gasteiger partial charge in [0.15, 0.2) is 0 Å². The molecule has 92 valence electrons. The molecule has 0 aromatic rings. The van der Waals surface area contributed by atoms with Crippen molar-refractivity contribution in [1.82, 2.24) is 10.2 Å². The summed E-state index contributed by atoms with van der Waals surface area (Å²) in [6.07, 6.45) is 6.76. The number of nitrogens with one attached hydrogen (secondary N) is 1. The maximum atomic E-state index is 11.5. The molecule has 0 saturated heterocycles. The van der Waals surface area contributed by atoms with E-state index in [1.165, 1.54) is 25.7 Å². The molecule has 0 aromatic heterocycles. The normalized spacial score (nSPS) is 25.4. The molecule has 3 heteroatoms. The SMILES string of the molecule is C=CCNC(=O)CN(C)C1CCC(C)CC1. The van der Waals surface area contributed by atoms with E-state index in [0.29, 0.717) is 19.1 Å². The summed E-state index contributed by atoms with van der Waals surface area (Å²) in [6, 6.07) is 0.589. The summed E-state index contributed by atoms with van der Waals surface area (Å²) in [5, 5.41) is 2.81. The molecule has 0 aromatic carbocycles. The van der Waals surface area contributed by atoms with Crippen LogP contribution in [0.3, 0.4) is 0 Å². The summed E-state index contributed by atoms with van der Waals surface area (Å²) >= 11 is 0. The highest BCUT2D eigenvalue weighted by Gasteiger charge is 2.22. The summed E-state index contributed by atoms with van der Waals surface area (Å²) in [6.45, 7) is 6.96. The molecule has 0 atom stereocenters. The standard InChI is InChI=1S/C13H24N2O/c1-4-9-14-13(16)10-15(3)12-7-5-11(2)6-8-12/h4,11-12H,1,5-10H2,2-3H3,(H,14,16). The van der Waals surface area contributed by atoms with Gasteiger partial charge in [-0.05, 0) is 38.6 Å². The average Bonchev–Trinajstić information content (AvgIpc) is 2.27. The quantitative estimate of drug-likeness (QED) is 0.722. The van der Waals surface area contributed by atoms with E-state index in [1.54, 1.807) is 6.08 Å². The maximum Gasteiger partial charge on any atom is 0.234 e. The predicted molar refractivity (Wildman–Crippen MR) is 67.3 cm³/mol. The number of hydrogen-bond donors (Lipinski definition) is 1. The Morgan fingerprint density at radius 2 is 2.06 bits per heavy atom. The number of carbonyl (C=O) groups excluding carboxylic acids is 1. The third-order valence-corrected chi connectivity index (χ3v) is 3.45. The van der Waals surface area contributed by atoms with Gasteiger partial charge < -0.3 is 5.32 Å². The largest absolute Gasteiger partial charge is 0.352 e. The van der Waals surface area contributed by atoms with E-state index < -0.39 is 0 Å². The highest BCUT2D eigenvalue weighted by atomic mass is 16.2. The van der Waals surface area contributed by atoms with Crippen LogP contribution >= 0.6 is 0 Å². The van der Waals surface area contributed by atoms with Crippen molar-refractivity contribution in [2.75, 3.05) is 20.1 Å². The average molecular weight is 224 g/mol. The predicted octanol–water partition coefficient (Wildman–Crippen LogP) is 1.80. The Balaban J connectivity index is 2.26. The van der Waals surface area contributed by atoms with Crippen LogP contribution in [0.5, 0.6) is 0 Å². The zero-order valence-electron chi connectivity index (χ0n) is 10.5. The number of amides is 1. The molecule has 3 nitrogen and oxygen atoms in total. The number of hydrogen-bond acceptors (Lipinski definition) is 2. The summed E-state index contributed by atoms with van der Waals surface area (Å²) in [7, 11) is 2.05. The van der Waals surface area contributed by atoms with Crippen molar-refractivity contribution in [3.8, 4) is 0 Å². The molecule has 0 radical (unpaired) electrons. The molecule has 1 aliphatic rings. The van der Waals surface area contributed by atoms with Crippen molar-refractivity contribution in [2.24, 2.45) is 5.92 Å². The Kier molecular flexibility index (Phi) is 5.53. The Labute approximate surface area is 98.9 Å². The van der Waals surface area contributed by atoms with E-state index in [4.69, 9.17) is 0 Å². The first-order valence-electron chi connectivity index (χ1n) is 6.21. The fourth-order valence-electron chi connectivity index (χ4n) is 2.28. The molecule has 0 unspecified atom stereocenters. The zero-order chi connectivity index (χ0) is 12.0. The second-order valence-corrected chi connectivity index (χ2v) is 4.92. The molecule has 0 aliphatic heterocycles. The van der Waals surface area contributed by atoms with Gasteiger partial charge in [0.25, 0.3) is 0 Å². The zero-order valence-corrected chi connectivity index (χ0v) is 10.5. The molecule has 1 fully saturated rings. The van der Waals surface area contributed by atoms with Gasteiger partial charge in [0.1, 0.15) is 0 Å². The first kappa shape index (κ1) is 13.2. The molecule has 16 heavy (non-hydrogen) atoms. The van der Waals surface area contributed by atoms with E-state index in [-0.39, 0.29) is 5.91 Å². The van der Waals surface area contributed by atoms with Gasteiger partial charge in [0, 0.05) is 12.6 Å². The highest BCUT2D eigenvalue weighted by molar-refractivity contribution is 5.78. The maximum absolute atomic E-state index is 11.5. The van der Waals surface area contributed by atoms with Crippen LogP contribution < -0.4 is 5.32 Å².